The van der Waals surface area contributed by atoms with Crippen LogP contribution in [0.4, 0.5) is 0 Å². The smallest absolute Gasteiger partial charge is 0.303 e. The lowest BCUT2D eigenvalue weighted by Gasteiger charge is -1.97. The molecule has 0 aliphatic rings. The first-order valence-electron chi connectivity index (χ1n) is 5.75. The van der Waals surface area contributed by atoms with Gasteiger partial charge in [-0.2, -0.15) is 0 Å². The molecule has 0 bridgehead atoms. The summed E-state index contributed by atoms with van der Waals surface area (Å²) in [5.41, 5.74) is 1.21. The molecule has 0 saturated carbocycles. The zero-order valence-electron chi connectivity index (χ0n) is 10.2. The molecule has 0 radical (unpaired) electrons. The highest BCUT2D eigenvalue weighted by atomic mass is 16.4. The SMILES string of the molecule is O=C(O)CCCc1ccccc1.OCC(O)CO. The molecule has 4 N–H and O–H groups in total. The van der Waals surface area contributed by atoms with Crippen molar-refractivity contribution in [1.82, 2.24) is 0 Å². The van der Waals surface area contributed by atoms with E-state index in [1.807, 2.05) is 30.3 Å². The molecule has 1 aromatic rings. The molecule has 0 aromatic heterocycles. The van der Waals surface area contributed by atoms with Gasteiger partial charge in [-0.25, -0.2) is 0 Å². The van der Waals surface area contributed by atoms with Crippen LogP contribution in [0.2, 0.25) is 0 Å². The molecule has 1 aromatic carbocycles. The zero-order valence-corrected chi connectivity index (χ0v) is 10.2. The first-order valence-corrected chi connectivity index (χ1v) is 5.75. The van der Waals surface area contributed by atoms with Gasteiger partial charge in [0.15, 0.2) is 0 Å². The Bertz CT molecular complexity index is 308. The zero-order chi connectivity index (χ0) is 13.8. The van der Waals surface area contributed by atoms with Crippen LogP contribution in [-0.4, -0.2) is 45.7 Å². The van der Waals surface area contributed by atoms with Gasteiger partial charge in [-0.3, -0.25) is 4.79 Å². The predicted octanol–water partition coefficient (Wildman–Crippen LogP) is 0.426. The minimum atomic E-state index is -0.954. The molecule has 18 heavy (non-hydrogen) atoms. The second kappa shape index (κ2) is 10.7. The highest BCUT2D eigenvalue weighted by molar-refractivity contribution is 5.66. The summed E-state index contributed by atoms with van der Waals surface area (Å²) in [6.45, 7) is -0.729. The Hall–Kier alpha value is -1.43. The van der Waals surface area contributed by atoms with Gasteiger partial charge in [-0.1, -0.05) is 30.3 Å². The van der Waals surface area contributed by atoms with Crippen molar-refractivity contribution in [3.05, 3.63) is 35.9 Å². The number of carboxylic acid groups (broad SMARTS) is 1. The van der Waals surface area contributed by atoms with Crippen molar-refractivity contribution in [3.8, 4) is 0 Å². The molecule has 0 unspecified atom stereocenters. The highest BCUT2D eigenvalue weighted by Crippen LogP contribution is 2.03. The summed E-state index contributed by atoms with van der Waals surface area (Å²) in [5.74, 6) is -0.717. The average molecular weight is 256 g/mol. The van der Waals surface area contributed by atoms with Gasteiger partial charge < -0.3 is 20.4 Å². The van der Waals surface area contributed by atoms with Gasteiger partial charge >= 0.3 is 5.97 Å². The van der Waals surface area contributed by atoms with Gasteiger partial charge in [-0.15, -0.1) is 0 Å². The third-order valence-electron chi connectivity index (χ3n) is 2.12. The van der Waals surface area contributed by atoms with Crippen LogP contribution in [0.15, 0.2) is 30.3 Å². The molecular formula is C13H20O5. The third kappa shape index (κ3) is 9.77. The molecule has 0 heterocycles. The van der Waals surface area contributed by atoms with Crippen LogP contribution in [-0.2, 0) is 11.2 Å². The average Bonchev–Trinajstić information content (AvgIpc) is 2.39. The van der Waals surface area contributed by atoms with Crippen molar-refractivity contribution in [2.75, 3.05) is 13.2 Å². The Morgan fingerprint density at radius 3 is 2.06 bits per heavy atom. The number of aryl methyl sites for hydroxylation is 1. The van der Waals surface area contributed by atoms with Gasteiger partial charge in [0, 0.05) is 6.42 Å². The van der Waals surface area contributed by atoms with Gasteiger partial charge in [0.05, 0.1) is 13.2 Å². The number of carboxylic acids is 1. The molecule has 0 aliphatic heterocycles. The maximum atomic E-state index is 10.2. The molecule has 0 atom stereocenters. The standard InChI is InChI=1S/C10H12O2.C3H8O3/c11-10(12)8-4-7-9-5-2-1-3-6-9;4-1-3(6)2-5/h1-3,5-6H,4,7-8H2,(H,11,12);3-6H,1-2H2. The van der Waals surface area contributed by atoms with E-state index in [1.54, 1.807) is 0 Å². The van der Waals surface area contributed by atoms with Crippen LogP contribution in [0, 0.1) is 0 Å². The number of aliphatic hydroxyl groups excluding tert-OH is 3. The molecule has 0 fully saturated rings. The van der Waals surface area contributed by atoms with Gasteiger partial charge in [0.2, 0.25) is 0 Å². The number of hydrogen-bond donors (Lipinski definition) is 4. The van der Waals surface area contributed by atoms with E-state index in [0.29, 0.717) is 0 Å². The van der Waals surface area contributed by atoms with E-state index < -0.39 is 12.1 Å². The molecule has 5 heteroatoms. The lowest BCUT2D eigenvalue weighted by atomic mass is 10.1. The molecule has 0 amide bonds. The summed E-state index contributed by atoms with van der Waals surface area (Å²) in [6, 6.07) is 9.93. The van der Waals surface area contributed by atoms with Crippen LogP contribution in [0.25, 0.3) is 0 Å². The van der Waals surface area contributed by atoms with E-state index >= 15 is 0 Å². The van der Waals surface area contributed by atoms with E-state index in [-0.39, 0.29) is 19.6 Å². The number of aliphatic carboxylic acids is 1. The van der Waals surface area contributed by atoms with Crippen molar-refractivity contribution < 1.29 is 25.2 Å². The van der Waals surface area contributed by atoms with Gasteiger partial charge in [0.1, 0.15) is 6.10 Å². The molecule has 102 valence electrons. The minimum Gasteiger partial charge on any atom is -0.481 e. The van der Waals surface area contributed by atoms with Crippen molar-refractivity contribution in [2.24, 2.45) is 0 Å². The lowest BCUT2D eigenvalue weighted by molar-refractivity contribution is -0.137. The quantitative estimate of drug-likeness (QED) is 0.591. The van der Waals surface area contributed by atoms with Gasteiger partial charge in [-0.05, 0) is 18.4 Å². The maximum Gasteiger partial charge on any atom is 0.303 e. The normalized spacial score (nSPS) is 9.78. The van der Waals surface area contributed by atoms with Crippen molar-refractivity contribution in [1.29, 1.82) is 0 Å². The Balaban J connectivity index is 0.000000411. The summed E-state index contributed by atoms with van der Waals surface area (Å²) < 4.78 is 0. The van der Waals surface area contributed by atoms with Crippen LogP contribution < -0.4 is 0 Å². The molecule has 0 saturated heterocycles. The van der Waals surface area contributed by atoms with Crippen molar-refractivity contribution >= 4 is 5.97 Å². The number of rotatable bonds is 6. The fourth-order valence-corrected chi connectivity index (χ4v) is 1.15. The number of benzene rings is 1. The molecule has 0 aliphatic carbocycles. The van der Waals surface area contributed by atoms with Crippen molar-refractivity contribution in [3.63, 3.8) is 0 Å². The minimum absolute atomic E-state index is 0.259. The van der Waals surface area contributed by atoms with Crippen LogP contribution in [0.5, 0.6) is 0 Å². The second-order valence-electron chi connectivity index (χ2n) is 3.75. The molecule has 5 nitrogen and oxygen atoms in total. The van der Waals surface area contributed by atoms with E-state index in [4.69, 9.17) is 20.4 Å². The molecule has 0 spiro atoms. The fraction of sp³-hybridized carbons (Fsp3) is 0.462. The Morgan fingerprint density at radius 1 is 1.11 bits per heavy atom. The Labute approximate surface area is 106 Å². The summed E-state index contributed by atoms with van der Waals surface area (Å²) >= 11 is 0. The van der Waals surface area contributed by atoms with Gasteiger partial charge in [0.25, 0.3) is 0 Å². The summed E-state index contributed by atoms with van der Waals surface area (Å²) in [7, 11) is 0. The number of hydrogen-bond acceptors (Lipinski definition) is 4. The van der Waals surface area contributed by atoms with E-state index in [2.05, 4.69) is 0 Å². The van der Waals surface area contributed by atoms with Crippen LogP contribution >= 0.6 is 0 Å². The summed E-state index contributed by atoms with van der Waals surface area (Å²) in [5, 5.41) is 32.4. The first kappa shape index (κ1) is 16.6. The first-order chi connectivity index (χ1) is 8.60. The van der Waals surface area contributed by atoms with Crippen molar-refractivity contribution in [2.45, 2.75) is 25.4 Å². The number of aliphatic hydroxyl groups is 3. The summed E-state index contributed by atoms with van der Waals surface area (Å²) in [4.78, 5) is 10.2. The van der Waals surface area contributed by atoms with E-state index in [0.717, 1.165) is 12.8 Å². The lowest BCUT2D eigenvalue weighted by Crippen LogP contribution is -2.15. The molecule has 1 rings (SSSR count). The second-order valence-corrected chi connectivity index (χ2v) is 3.75. The Morgan fingerprint density at radius 2 is 1.67 bits per heavy atom. The largest absolute Gasteiger partial charge is 0.481 e. The third-order valence-corrected chi connectivity index (χ3v) is 2.12. The summed E-state index contributed by atoms with van der Waals surface area (Å²) in [6.07, 6.45) is 0.881. The fourth-order valence-electron chi connectivity index (χ4n) is 1.15. The van der Waals surface area contributed by atoms with E-state index in [9.17, 15) is 4.79 Å². The highest BCUT2D eigenvalue weighted by Gasteiger charge is 1.96. The Kier molecular flexibility index (Phi) is 9.86. The maximum absolute atomic E-state index is 10.2. The topological polar surface area (TPSA) is 98.0 Å². The molecular weight excluding hydrogens is 236 g/mol. The monoisotopic (exact) mass is 256 g/mol. The van der Waals surface area contributed by atoms with Crippen LogP contribution in [0.1, 0.15) is 18.4 Å². The predicted molar refractivity (Wildman–Crippen MR) is 67.2 cm³/mol. The number of carbonyl (C=O) groups is 1. The van der Waals surface area contributed by atoms with Crippen LogP contribution in [0.3, 0.4) is 0 Å². The van der Waals surface area contributed by atoms with E-state index in [1.165, 1.54) is 5.56 Å².